The molecule has 1 aliphatic heterocycles. The second-order valence-electron chi connectivity index (χ2n) is 6.58. The first-order chi connectivity index (χ1) is 9.47. The molecular weight excluding hydrogens is 248 g/mol. The van der Waals surface area contributed by atoms with Gasteiger partial charge in [-0.05, 0) is 26.2 Å². The molecule has 1 atom stereocenters. The van der Waals surface area contributed by atoms with E-state index in [0.29, 0.717) is 0 Å². The molecule has 1 aromatic rings. The lowest BCUT2D eigenvalue weighted by molar-refractivity contribution is -0.00409. The van der Waals surface area contributed by atoms with Crippen molar-refractivity contribution in [2.24, 2.45) is 7.05 Å². The maximum Gasteiger partial charge on any atom is 0.0534 e. The Morgan fingerprint density at radius 2 is 1.95 bits per heavy atom. The van der Waals surface area contributed by atoms with E-state index in [-0.39, 0.29) is 11.1 Å². The molecule has 0 aromatic carbocycles. The molecule has 4 heteroatoms. The standard InChI is InChI=1S/C16H30N4/c1-6-15(4)13-20(11-14-9-18-19(5)10-14)16(7-2,8-3)12-17-15/h9-10,17H,6-8,11-13H2,1-5H3. The van der Waals surface area contributed by atoms with Crippen LogP contribution in [-0.2, 0) is 13.6 Å². The van der Waals surface area contributed by atoms with Crippen molar-refractivity contribution in [3.63, 3.8) is 0 Å². The quantitative estimate of drug-likeness (QED) is 0.898. The van der Waals surface area contributed by atoms with E-state index >= 15 is 0 Å². The number of piperazine rings is 1. The molecule has 114 valence electrons. The fourth-order valence-corrected chi connectivity index (χ4v) is 3.32. The van der Waals surface area contributed by atoms with E-state index in [1.165, 1.54) is 24.8 Å². The van der Waals surface area contributed by atoms with Crippen molar-refractivity contribution in [3.8, 4) is 0 Å². The van der Waals surface area contributed by atoms with Crippen LogP contribution in [0.1, 0.15) is 52.5 Å². The second kappa shape index (κ2) is 5.86. The maximum absolute atomic E-state index is 4.31. The molecule has 0 amide bonds. The number of aromatic nitrogens is 2. The monoisotopic (exact) mass is 278 g/mol. The number of hydrogen-bond donors (Lipinski definition) is 1. The van der Waals surface area contributed by atoms with E-state index in [1.807, 2.05) is 17.9 Å². The molecule has 4 nitrogen and oxygen atoms in total. The van der Waals surface area contributed by atoms with E-state index in [0.717, 1.165) is 19.6 Å². The Hall–Kier alpha value is -0.870. The van der Waals surface area contributed by atoms with Crippen LogP contribution in [0.2, 0.25) is 0 Å². The van der Waals surface area contributed by atoms with Crippen LogP contribution in [0.4, 0.5) is 0 Å². The lowest BCUT2D eigenvalue weighted by atomic mass is 9.82. The summed E-state index contributed by atoms with van der Waals surface area (Å²) < 4.78 is 1.90. The zero-order valence-corrected chi connectivity index (χ0v) is 13.7. The van der Waals surface area contributed by atoms with Gasteiger partial charge in [0.05, 0.1) is 6.20 Å². The fourth-order valence-electron chi connectivity index (χ4n) is 3.32. The van der Waals surface area contributed by atoms with Gasteiger partial charge in [0.2, 0.25) is 0 Å². The van der Waals surface area contributed by atoms with Gasteiger partial charge in [0.1, 0.15) is 0 Å². The van der Waals surface area contributed by atoms with Gasteiger partial charge in [0.15, 0.2) is 0 Å². The summed E-state index contributed by atoms with van der Waals surface area (Å²) in [6.07, 6.45) is 7.69. The number of hydrogen-bond acceptors (Lipinski definition) is 3. The van der Waals surface area contributed by atoms with Crippen molar-refractivity contribution >= 4 is 0 Å². The van der Waals surface area contributed by atoms with Crippen molar-refractivity contribution in [1.29, 1.82) is 0 Å². The zero-order valence-electron chi connectivity index (χ0n) is 13.7. The number of rotatable bonds is 5. The Morgan fingerprint density at radius 3 is 2.45 bits per heavy atom. The lowest BCUT2D eigenvalue weighted by Gasteiger charge is -2.53. The third-order valence-corrected chi connectivity index (χ3v) is 5.28. The molecule has 0 saturated carbocycles. The Kier molecular flexibility index (Phi) is 4.55. The summed E-state index contributed by atoms with van der Waals surface area (Å²) in [6, 6.07) is 0. The topological polar surface area (TPSA) is 33.1 Å². The molecule has 1 unspecified atom stereocenters. The molecule has 1 aromatic heterocycles. The first kappa shape index (κ1) is 15.5. The minimum absolute atomic E-state index is 0.232. The minimum Gasteiger partial charge on any atom is -0.308 e. The number of aryl methyl sites for hydroxylation is 1. The maximum atomic E-state index is 4.31. The third kappa shape index (κ3) is 2.91. The SMILES string of the molecule is CCC1(C)CN(Cc2cnn(C)c2)C(CC)(CC)CN1. The summed E-state index contributed by atoms with van der Waals surface area (Å²) in [6.45, 7) is 12.5. The highest BCUT2D eigenvalue weighted by molar-refractivity contribution is 5.09. The summed E-state index contributed by atoms with van der Waals surface area (Å²) in [5.74, 6) is 0. The molecule has 0 radical (unpaired) electrons. The Labute approximate surface area is 123 Å². The van der Waals surface area contributed by atoms with Gasteiger partial charge < -0.3 is 5.32 Å². The van der Waals surface area contributed by atoms with E-state index in [2.05, 4.69) is 49.2 Å². The summed E-state index contributed by atoms with van der Waals surface area (Å²) in [5.41, 5.74) is 1.83. The summed E-state index contributed by atoms with van der Waals surface area (Å²) in [5, 5.41) is 8.11. The van der Waals surface area contributed by atoms with Crippen LogP contribution in [0.15, 0.2) is 12.4 Å². The molecule has 0 bridgehead atoms. The van der Waals surface area contributed by atoms with Gasteiger partial charge >= 0.3 is 0 Å². The molecule has 2 heterocycles. The van der Waals surface area contributed by atoms with Crippen molar-refractivity contribution in [2.45, 2.75) is 64.6 Å². The molecular formula is C16H30N4. The Morgan fingerprint density at radius 1 is 1.25 bits per heavy atom. The van der Waals surface area contributed by atoms with E-state index < -0.39 is 0 Å². The van der Waals surface area contributed by atoms with Crippen LogP contribution in [-0.4, -0.2) is 38.8 Å². The van der Waals surface area contributed by atoms with Gasteiger partial charge in [-0.2, -0.15) is 5.10 Å². The molecule has 1 fully saturated rings. The molecule has 1 aliphatic rings. The van der Waals surface area contributed by atoms with Gasteiger partial charge in [-0.25, -0.2) is 0 Å². The highest BCUT2D eigenvalue weighted by atomic mass is 15.3. The number of nitrogens with one attached hydrogen (secondary N) is 1. The van der Waals surface area contributed by atoms with Crippen molar-refractivity contribution < 1.29 is 0 Å². The number of nitrogens with zero attached hydrogens (tertiary/aromatic N) is 3. The second-order valence-corrected chi connectivity index (χ2v) is 6.58. The van der Waals surface area contributed by atoms with E-state index in [1.54, 1.807) is 0 Å². The Balaban J connectivity index is 2.21. The highest BCUT2D eigenvalue weighted by Crippen LogP contribution is 2.32. The zero-order chi connectivity index (χ0) is 14.8. The van der Waals surface area contributed by atoms with Crippen LogP contribution in [0.3, 0.4) is 0 Å². The van der Waals surface area contributed by atoms with Gasteiger partial charge in [-0.1, -0.05) is 20.8 Å². The van der Waals surface area contributed by atoms with E-state index in [4.69, 9.17) is 0 Å². The van der Waals surface area contributed by atoms with Gasteiger partial charge in [0, 0.05) is 49.5 Å². The van der Waals surface area contributed by atoms with Crippen LogP contribution >= 0.6 is 0 Å². The molecule has 0 spiro atoms. The minimum atomic E-state index is 0.232. The normalized spacial score (nSPS) is 26.9. The van der Waals surface area contributed by atoms with Gasteiger partial charge in [0.25, 0.3) is 0 Å². The van der Waals surface area contributed by atoms with Crippen molar-refractivity contribution in [1.82, 2.24) is 20.0 Å². The van der Waals surface area contributed by atoms with E-state index in [9.17, 15) is 0 Å². The predicted molar refractivity (Wildman–Crippen MR) is 83.6 cm³/mol. The molecule has 0 aliphatic carbocycles. The lowest BCUT2D eigenvalue weighted by Crippen LogP contribution is -2.68. The largest absolute Gasteiger partial charge is 0.308 e. The van der Waals surface area contributed by atoms with Crippen molar-refractivity contribution in [2.75, 3.05) is 13.1 Å². The van der Waals surface area contributed by atoms with Crippen LogP contribution in [0.5, 0.6) is 0 Å². The first-order valence-electron chi connectivity index (χ1n) is 7.94. The molecule has 1 saturated heterocycles. The first-order valence-corrected chi connectivity index (χ1v) is 7.94. The fraction of sp³-hybridized carbons (Fsp3) is 0.812. The summed E-state index contributed by atoms with van der Waals surface area (Å²) >= 11 is 0. The van der Waals surface area contributed by atoms with Crippen LogP contribution in [0, 0.1) is 0 Å². The average molecular weight is 278 g/mol. The predicted octanol–water partition coefficient (Wildman–Crippen LogP) is 2.55. The molecule has 20 heavy (non-hydrogen) atoms. The molecule has 2 rings (SSSR count). The summed E-state index contributed by atoms with van der Waals surface area (Å²) in [7, 11) is 1.99. The molecule has 1 N–H and O–H groups in total. The summed E-state index contributed by atoms with van der Waals surface area (Å²) in [4.78, 5) is 2.68. The van der Waals surface area contributed by atoms with Gasteiger partial charge in [-0.3, -0.25) is 9.58 Å². The Bertz CT molecular complexity index is 435. The third-order valence-electron chi connectivity index (χ3n) is 5.28. The average Bonchev–Trinajstić information content (AvgIpc) is 2.85. The highest BCUT2D eigenvalue weighted by Gasteiger charge is 2.42. The van der Waals surface area contributed by atoms with Crippen molar-refractivity contribution in [3.05, 3.63) is 18.0 Å². The smallest absolute Gasteiger partial charge is 0.0534 e. The van der Waals surface area contributed by atoms with Crippen LogP contribution < -0.4 is 5.32 Å². The van der Waals surface area contributed by atoms with Crippen LogP contribution in [0.25, 0.3) is 0 Å². The van der Waals surface area contributed by atoms with Gasteiger partial charge in [-0.15, -0.1) is 0 Å².